The largest absolute Gasteiger partial charge is 0.490 e. The summed E-state index contributed by atoms with van der Waals surface area (Å²) in [5.41, 5.74) is 4.37. The van der Waals surface area contributed by atoms with Gasteiger partial charge >= 0.3 is 17.8 Å². The number of ether oxygens (including phenoxy) is 3. The maximum Gasteiger partial charge on any atom is 0.490 e. The molecule has 14 nitrogen and oxygen atoms in total. The number of rotatable bonds is 14. The second-order valence-electron chi connectivity index (χ2n) is 10.1. The summed E-state index contributed by atoms with van der Waals surface area (Å²) in [5, 5.41) is 41.6. The summed E-state index contributed by atoms with van der Waals surface area (Å²) in [4.78, 5) is 34.6. The molecule has 8 atom stereocenters. The van der Waals surface area contributed by atoms with E-state index in [0.29, 0.717) is 6.54 Å². The number of halogens is 3. The van der Waals surface area contributed by atoms with Crippen LogP contribution in [0, 0.1) is 0 Å². The molecule has 0 bridgehead atoms. The van der Waals surface area contributed by atoms with Crippen molar-refractivity contribution in [1.29, 1.82) is 0 Å². The lowest BCUT2D eigenvalue weighted by Gasteiger charge is -2.28. The zero-order valence-electron chi connectivity index (χ0n) is 23.2. The summed E-state index contributed by atoms with van der Waals surface area (Å²) in [7, 11) is 0. The number of aliphatic hydroxyl groups excluding tert-OH is 3. The minimum absolute atomic E-state index is 0.0227. The van der Waals surface area contributed by atoms with E-state index < -0.39 is 72.5 Å². The van der Waals surface area contributed by atoms with Crippen molar-refractivity contribution < 1.29 is 52.6 Å². The summed E-state index contributed by atoms with van der Waals surface area (Å²) < 4.78 is 50.5. The van der Waals surface area contributed by atoms with Crippen LogP contribution in [-0.2, 0) is 19.0 Å². The van der Waals surface area contributed by atoms with Crippen LogP contribution >= 0.6 is 0 Å². The number of aromatic amines is 1. The van der Waals surface area contributed by atoms with Crippen LogP contribution in [0.25, 0.3) is 0 Å². The Balaban J connectivity index is 0.000000782. The third-order valence-corrected chi connectivity index (χ3v) is 6.81. The molecule has 8 N–H and O–H groups in total. The Morgan fingerprint density at radius 3 is 2.38 bits per heavy atom. The highest BCUT2D eigenvalue weighted by molar-refractivity contribution is 5.73. The highest BCUT2D eigenvalue weighted by atomic mass is 19.4. The van der Waals surface area contributed by atoms with Crippen molar-refractivity contribution in [2.45, 2.75) is 107 Å². The number of aliphatic carboxylic acids is 1. The second-order valence-corrected chi connectivity index (χ2v) is 10.1. The molecule has 2 saturated heterocycles. The van der Waals surface area contributed by atoms with E-state index in [1.165, 1.54) is 37.9 Å². The molecule has 1 aromatic heterocycles. The van der Waals surface area contributed by atoms with Crippen molar-refractivity contribution in [2.75, 3.05) is 19.6 Å². The number of aromatic nitrogens is 2. The van der Waals surface area contributed by atoms with Crippen molar-refractivity contribution in [1.82, 2.24) is 14.9 Å². The van der Waals surface area contributed by atoms with Gasteiger partial charge in [-0.2, -0.15) is 13.2 Å². The van der Waals surface area contributed by atoms with Crippen LogP contribution in [0.2, 0.25) is 0 Å². The molecule has 3 heterocycles. The Hall–Kier alpha value is -2.38. The van der Waals surface area contributed by atoms with Gasteiger partial charge in [-0.15, -0.1) is 0 Å². The van der Waals surface area contributed by atoms with Gasteiger partial charge in [0.15, 0.2) is 12.5 Å². The summed E-state index contributed by atoms with van der Waals surface area (Å²) in [5.74, 6) is -2.76. The predicted molar refractivity (Wildman–Crippen MR) is 140 cm³/mol. The molecule has 0 aromatic carbocycles. The van der Waals surface area contributed by atoms with Crippen LogP contribution in [0.5, 0.6) is 0 Å². The number of carboxylic acids is 1. The molecular formula is C25H41F3N4O10. The van der Waals surface area contributed by atoms with Crippen molar-refractivity contribution in [2.24, 2.45) is 5.73 Å². The normalized spacial score (nSPS) is 28.3. The molecule has 3 rings (SSSR count). The van der Waals surface area contributed by atoms with Crippen molar-refractivity contribution in [3.63, 3.8) is 0 Å². The number of nitrogens with zero attached hydrogens (tertiary/aromatic N) is 1. The first-order valence-corrected chi connectivity index (χ1v) is 13.8. The van der Waals surface area contributed by atoms with E-state index in [4.69, 9.17) is 29.8 Å². The van der Waals surface area contributed by atoms with Crippen LogP contribution in [0.1, 0.15) is 58.1 Å². The van der Waals surface area contributed by atoms with Crippen LogP contribution in [-0.4, -0.2) is 105 Å². The minimum atomic E-state index is -5.08. The lowest BCUT2D eigenvalue weighted by molar-refractivity contribution is -0.213. The number of unbranched alkanes of at least 4 members (excludes halogenated alkanes) is 5. The number of H-pyrrole nitrogens is 1. The highest BCUT2D eigenvalue weighted by Gasteiger charge is 2.47. The van der Waals surface area contributed by atoms with E-state index in [1.54, 1.807) is 0 Å². The summed E-state index contributed by atoms with van der Waals surface area (Å²) >= 11 is 0. The van der Waals surface area contributed by atoms with E-state index in [9.17, 15) is 38.1 Å². The second kappa shape index (κ2) is 17.0. The first-order chi connectivity index (χ1) is 19.8. The van der Waals surface area contributed by atoms with Gasteiger partial charge < -0.3 is 45.7 Å². The van der Waals surface area contributed by atoms with Gasteiger partial charge in [-0.05, 0) is 13.0 Å². The number of alkyl halides is 3. The van der Waals surface area contributed by atoms with Gasteiger partial charge in [0, 0.05) is 31.8 Å². The number of carboxylic acid groups (broad SMARTS) is 1. The number of aliphatic hydroxyl groups is 3. The number of carbonyl (C=O) groups is 1. The molecule has 0 radical (unpaired) electrons. The zero-order valence-corrected chi connectivity index (χ0v) is 23.2. The fourth-order valence-corrected chi connectivity index (χ4v) is 4.53. The lowest BCUT2D eigenvalue weighted by Crippen LogP contribution is -2.44. The van der Waals surface area contributed by atoms with Crippen LogP contribution in [0.15, 0.2) is 21.9 Å². The van der Waals surface area contributed by atoms with Crippen molar-refractivity contribution in [3.05, 3.63) is 33.1 Å². The molecule has 1 aromatic rings. The molecule has 0 spiro atoms. The van der Waals surface area contributed by atoms with Gasteiger partial charge in [0.05, 0.1) is 12.2 Å². The fraction of sp³-hybridized carbons (Fsp3) is 0.800. The monoisotopic (exact) mass is 614 g/mol. The van der Waals surface area contributed by atoms with Gasteiger partial charge in [-0.25, -0.2) is 9.59 Å². The molecule has 2 aliphatic heterocycles. The number of hydrogen-bond acceptors (Lipinski definition) is 11. The van der Waals surface area contributed by atoms with E-state index in [0.717, 1.165) is 24.0 Å². The predicted octanol–water partition coefficient (Wildman–Crippen LogP) is -0.441. The van der Waals surface area contributed by atoms with Gasteiger partial charge in [-0.3, -0.25) is 14.3 Å². The Morgan fingerprint density at radius 1 is 1.17 bits per heavy atom. The number of nitrogens with one attached hydrogen (secondary N) is 2. The average Bonchev–Trinajstić information content (AvgIpc) is 3.43. The molecule has 2 fully saturated rings. The van der Waals surface area contributed by atoms with E-state index in [1.807, 2.05) is 0 Å². The fourth-order valence-electron chi connectivity index (χ4n) is 4.53. The molecule has 0 amide bonds. The summed E-state index contributed by atoms with van der Waals surface area (Å²) in [6.07, 6.45) is -4.35. The van der Waals surface area contributed by atoms with Gasteiger partial charge in [0.25, 0.3) is 5.56 Å². The Kier molecular flexibility index (Phi) is 14.5. The minimum Gasteiger partial charge on any atom is -0.475 e. The Morgan fingerprint density at radius 2 is 1.81 bits per heavy atom. The lowest BCUT2D eigenvalue weighted by atomic mass is 10.1. The number of hydrogen-bond donors (Lipinski definition) is 7. The third kappa shape index (κ3) is 10.7. The zero-order chi connectivity index (χ0) is 31.4. The molecule has 0 aliphatic carbocycles. The van der Waals surface area contributed by atoms with E-state index in [2.05, 4.69) is 17.2 Å². The van der Waals surface area contributed by atoms with Crippen LogP contribution < -0.4 is 22.3 Å². The first-order valence-electron chi connectivity index (χ1n) is 13.8. The molecule has 42 heavy (non-hydrogen) atoms. The maximum absolute atomic E-state index is 12.2. The summed E-state index contributed by atoms with van der Waals surface area (Å²) in [6.45, 7) is 3.30. The molecular weight excluding hydrogens is 573 g/mol. The molecule has 17 heteroatoms. The first kappa shape index (κ1) is 35.8. The third-order valence-electron chi connectivity index (χ3n) is 6.81. The van der Waals surface area contributed by atoms with Crippen LogP contribution in [0.3, 0.4) is 0 Å². The SMILES string of the molecule is CCCCCCCCNCC(OC1OC(CN)C(O)C1O)C1CC(O)C(n2ccc(=O)[nH]c2=O)O1.O=C(O)C(F)(F)F. The average molecular weight is 615 g/mol. The highest BCUT2D eigenvalue weighted by Crippen LogP contribution is 2.32. The standard InChI is InChI=1S/C23H40N4O8.C2HF3O2/c1-2-3-4-5-6-7-9-25-13-17(35-22-20(31)19(30)16(12-24)34-22)15-11-14(28)21(33-15)27-10-8-18(29)26-23(27)32;3-2(4,5)1(6)7/h8,10,14-17,19-22,25,28,30-31H,2-7,9,11-13,24H2,1H3,(H,26,29,32);(H,6,7). The van der Waals surface area contributed by atoms with Gasteiger partial charge in [0.1, 0.15) is 24.4 Å². The van der Waals surface area contributed by atoms with E-state index in [-0.39, 0.29) is 13.0 Å². The molecule has 2 aliphatic rings. The Labute approximate surface area is 239 Å². The quantitative estimate of drug-likeness (QED) is 0.133. The molecule has 242 valence electrons. The maximum atomic E-state index is 12.2. The smallest absolute Gasteiger partial charge is 0.475 e. The summed E-state index contributed by atoms with van der Waals surface area (Å²) in [6, 6.07) is 1.18. The molecule has 8 unspecified atom stereocenters. The van der Waals surface area contributed by atoms with Crippen LogP contribution in [0.4, 0.5) is 13.2 Å². The number of nitrogens with two attached hydrogens (primary N) is 1. The Bertz CT molecular complexity index is 1070. The van der Waals surface area contributed by atoms with E-state index >= 15 is 0 Å². The topological polar surface area (TPSA) is 219 Å². The molecule has 0 saturated carbocycles. The van der Waals surface area contributed by atoms with Crippen molar-refractivity contribution >= 4 is 5.97 Å². The van der Waals surface area contributed by atoms with Gasteiger partial charge in [0.2, 0.25) is 0 Å². The van der Waals surface area contributed by atoms with Crippen molar-refractivity contribution in [3.8, 4) is 0 Å². The van der Waals surface area contributed by atoms with Gasteiger partial charge in [-0.1, -0.05) is 39.0 Å².